The molecule has 6 nitrogen and oxygen atoms in total. The Labute approximate surface area is 127 Å². The minimum absolute atomic E-state index is 0.117. The normalized spacial score (nSPS) is 24.5. The maximum atomic E-state index is 12.4. The van der Waals surface area contributed by atoms with Crippen molar-refractivity contribution in [1.29, 1.82) is 0 Å². The van der Waals surface area contributed by atoms with Gasteiger partial charge < -0.3 is 4.74 Å². The Bertz CT molecular complexity index is 763. The lowest BCUT2D eigenvalue weighted by Gasteiger charge is -2.24. The summed E-state index contributed by atoms with van der Waals surface area (Å²) < 4.78 is 79.0. The van der Waals surface area contributed by atoms with Gasteiger partial charge in [0.1, 0.15) is 10.6 Å². The Hall–Kier alpha value is -1.26. The Morgan fingerprint density at radius 3 is 2.50 bits per heavy atom. The van der Waals surface area contributed by atoms with Crippen LogP contribution >= 0.6 is 0 Å². The molecule has 1 atom stereocenters. The van der Waals surface area contributed by atoms with E-state index in [-0.39, 0.29) is 17.9 Å². The third-order valence-electron chi connectivity index (χ3n) is 3.24. The topological polar surface area (TPSA) is 89.5 Å². The second-order valence-corrected chi connectivity index (χ2v) is 9.17. The molecular weight excluding hydrogens is 340 g/mol. The number of sulfone groups is 1. The molecule has 0 radical (unpaired) electrons. The third-order valence-corrected chi connectivity index (χ3v) is 6.82. The van der Waals surface area contributed by atoms with Crippen molar-refractivity contribution < 1.29 is 30.4 Å². The van der Waals surface area contributed by atoms with E-state index in [1.54, 1.807) is 0 Å². The fraction of sp³-hybridized carbons (Fsp3) is 0.500. The lowest BCUT2D eigenvalue weighted by atomic mass is 10.0. The number of hydrogen-bond donors (Lipinski definition) is 1. The van der Waals surface area contributed by atoms with E-state index in [1.807, 2.05) is 0 Å². The Balaban J connectivity index is 2.32. The van der Waals surface area contributed by atoms with Crippen molar-refractivity contribution in [2.75, 3.05) is 11.5 Å². The van der Waals surface area contributed by atoms with Crippen LogP contribution in [-0.4, -0.2) is 40.5 Å². The van der Waals surface area contributed by atoms with Crippen LogP contribution < -0.4 is 9.46 Å². The highest BCUT2D eigenvalue weighted by Crippen LogP contribution is 2.29. The van der Waals surface area contributed by atoms with Gasteiger partial charge in [-0.2, -0.15) is 8.78 Å². The van der Waals surface area contributed by atoms with Crippen molar-refractivity contribution in [3.63, 3.8) is 0 Å². The van der Waals surface area contributed by atoms with E-state index in [0.29, 0.717) is 0 Å². The van der Waals surface area contributed by atoms with E-state index in [0.717, 1.165) is 12.1 Å². The second kappa shape index (κ2) is 5.74. The largest absolute Gasteiger partial charge is 0.433 e. The first-order chi connectivity index (χ1) is 10.0. The number of sulfonamides is 1. The van der Waals surface area contributed by atoms with Crippen molar-refractivity contribution in [3.05, 3.63) is 24.3 Å². The lowest BCUT2D eigenvalue weighted by molar-refractivity contribution is -0.0517. The van der Waals surface area contributed by atoms with Gasteiger partial charge in [0.25, 0.3) is 0 Å². The fourth-order valence-corrected chi connectivity index (χ4v) is 6.09. The fourth-order valence-electron chi connectivity index (χ4n) is 2.34. The summed E-state index contributed by atoms with van der Waals surface area (Å²) in [7, 11) is -7.52. The molecule has 1 N–H and O–H groups in total. The molecule has 1 aromatic rings. The average molecular weight is 355 g/mol. The van der Waals surface area contributed by atoms with Crippen LogP contribution in [-0.2, 0) is 19.9 Å². The second-order valence-electron chi connectivity index (χ2n) is 5.33. The number of benzene rings is 1. The first-order valence-electron chi connectivity index (χ1n) is 6.31. The molecule has 1 saturated heterocycles. The zero-order chi connectivity index (χ0) is 16.6. The first-order valence-corrected chi connectivity index (χ1v) is 9.62. The molecule has 1 aliphatic rings. The molecule has 0 amide bonds. The molecule has 2 rings (SSSR count). The van der Waals surface area contributed by atoms with Crippen LogP contribution in [0.15, 0.2) is 29.2 Å². The summed E-state index contributed by atoms with van der Waals surface area (Å²) in [5.41, 5.74) is -1.17. The van der Waals surface area contributed by atoms with Crippen LogP contribution in [0.1, 0.15) is 13.3 Å². The van der Waals surface area contributed by atoms with E-state index in [4.69, 9.17) is 0 Å². The van der Waals surface area contributed by atoms with E-state index >= 15 is 0 Å². The molecule has 0 saturated carbocycles. The summed E-state index contributed by atoms with van der Waals surface area (Å²) in [6, 6.07) is 4.94. The smallest absolute Gasteiger partial charge is 0.387 e. The van der Waals surface area contributed by atoms with Crippen molar-refractivity contribution in [2.24, 2.45) is 0 Å². The van der Waals surface area contributed by atoms with Gasteiger partial charge in [-0.25, -0.2) is 21.6 Å². The molecule has 1 aromatic carbocycles. The summed E-state index contributed by atoms with van der Waals surface area (Å²) in [6.45, 7) is -1.70. The molecule has 0 aliphatic carbocycles. The minimum atomic E-state index is -4.20. The van der Waals surface area contributed by atoms with Crippen LogP contribution in [0.3, 0.4) is 0 Å². The van der Waals surface area contributed by atoms with Crippen LogP contribution in [0, 0.1) is 0 Å². The number of nitrogens with one attached hydrogen (secondary N) is 1. The monoisotopic (exact) mass is 355 g/mol. The van der Waals surface area contributed by atoms with Crippen molar-refractivity contribution in [1.82, 2.24) is 4.72 Å². The zero-order valence-electron chi connectivity index (χ0n) is 11.6. The summed E-state index contributed by atoms with van der Waals surface area (Å²) in [4.78, 5) is -0.458. The van der Waals surface area contributed by atoms with Gasteiger partial charge in [0.2, 0.25) is 10.0 Å². The highest BCUT2D eigenvalue weighted by atomic mass is 32.2. The molecule has 10 heteroatoms. The molecular formula is C12H15F2NO5S2. The Kier molecular flexibility index (Phi) is 4.46. The Morgan fingerprint density at radius 1 is 1.32 bits per heavy atom. The summed E-state index contributed by atoms with van der Waals surface area (Å²) >= 11 is 0. The van der Waals surface area contributed by atoms with Gasteiger partial charge in [-0.1, -0.05) is 12.1 Å². The van der Waals surface area contributed by atoms with Crippen LogP contribution in [0.5, 0.6) is 5.75 Å². The van der Waals surface area contributed by atoms with Crippen molar-refractivity contribution >= 4 is 19.9 Å². The summed E-state index contributed by atoms with van der Waals surface area (Å²) in [5.74, 6) is -0.951. The SMILES string of the molecule is CC1(NS(=O)(=O)c2ccccc2OC(F)F)CCS(=O)(=O)C1. The van der Waals surface area contributed by atoms with Gasteiger partial charge in [0.05, 0.1) is 11.5 Å². The van der Waals surface area contributed by atoms with Crippen LogP contribution in [0.4, 0.5) is 8.78 Å². The molecule has 1 fully saturated rings. The first kappa shape index (κ1) is 17.1. The van der Waals surface area contributed by atoms with Gasteiger partial charge in [-0.3, -0.25) is 0 Å². The Morgan fingerprint density at radius 2 is 1.95 bits per heavy atom. The summed E-state index contributed by atoms with van der Waals surface area (Å²) in [6.07, 6.45) is 0.117. The number of halogens is 2. The standard InChI is InChI=1S/C12H15F2NO5S2/c1-12(6-7-21(16,17)8-12)15-22(18,19)10-5-3-2-4-9(10)20-11(13)14/h2-5,11,15H,6-8H2,1H3. The number of rotatable bonds is 5. The quantitative estimate of drug-likeness (QED) is 0.856. The molecule has 124 valence electrons. The van der Waals surface area contributed by atoms with E-state index in [2.05, 4.69) is 9.46 Å². The number of para-hydroxylation sites is 1. The number of ether oxygens (including phenoxy) is 1. The lowest BCUT2D eigenvalue weighted by Crippen LogP contribution is -2.46. The average Bonchev–Trinajstić information content (AvgIpc) is 2.62. The van der Waals surface area contributed by atoms with Gasteiger partial charge >= 0.3 is 6.61 Å². The maximum Gasteiger partial charge on any atom is 0.387 e. The predicted molar refractivity (Wildman–Crippen MR) is 75.1 cm³/mol. The molecule has 1 heterocycles. The molecule has 0 aromatic heterocycles. The van der Waals surface area contributed by atoms with Crippen LogP contribution in [0.2, 0.25) is 0 Å². The molecule has 0 spiro atoms. The van der Waals surface area contributed by atoms with E-state index < -0.39 is 42.7 Å². The highest BCUT2D eigenvalue weighted by molar-refractivity contribution is 7.92. The van der Waals surface area contributed by atoms with Crippen LogP contribution in [0.25, 0.3) is 0 Å². The van der Waals surface area contributed by atoms with E-state index in [9.17, 15) is 25.6 Å². The molecule has 22 heavy (non-hydrogen) atoms. The molecule has 1 aliphatic heterocycles. The highest BCUT2D eigenvalue weighted by Gasteiger charge is 2.42. The minimum Gasteiger partial charge on any atom is -0.433 e. The molecule has 1 unspecified atom stereocenters. The van der Waals surface area contributed by atoms with E-state index in [1.165, 1.54) is 19.1 Å². The van der Waals surface area contributed by atoms with Gasteiger partial charge in [-0.05, 0) is 25.5 Å². The van der Waals surface area contributed by atoms with Gasteiger partial charge in [0, 0.05) is 5.54 Å². The molecule has 0 bridgehead atoms. The predicted octanol–water partition coefficient (Wildman–Crippen LogP) is 1.14. The summed E-state index contributed by atoms with van der Waals surface area (Å²) in [5, 5.41) is 0. The number of hydrogen-bond acceptors (Lipinski definition) is 5. The maximum absolute atomic E-state index is 12.4. The zero-order valence-corrected chi connectivity index (χ0v) is 13.3. The van der Waals surface area contributed by atoms with Crippen molar-refractivity contribution in [3.8, 4) is 5.75 Å². The number of alkyl halides is 2. The van der Waals surface area contributed by atoms with Gasteiger partial charge in [0.15, 0.2) is 9.84 Å². The van der Waals surface area contributed by atoms with Gasteiger partial charge in [-0.15, -0.1) is 0 Å². The van der Waals surface area contributed by atoms with Crippen molar-refractivity contribution in [2.45, 2.75) is 30.4 Å². The third kappa shape index (κ3) is 3.93.